The Morgan fingerprint density at radius 3 is 2.88 bits per heavy atom. The summed E-state index contributed by atoms with van der Waals surface area (Å²) in [5, 5.41) is 3.35. The summed E-state index contributed by atoms with van der Waals surface area (Å²) in [6.45, 7) is 1.46. The molecule has 0 N–H and O–H groups in total. The molecule has 0 fully saturated rings. The molecule has 0 aliphatic carbocycles. The van der Waals surface area contributed by atoms with E-state index in [1.165, 1.54) is 19.4 Å². The molecule has 0 radical (unpaired) electrons. The maximum atomic E-state index is 10.4. The molecule has 0 aliphatic heterocycles. The van der Waals surface area contributed by atoms with Crippen molar-refractivity contribution in [3.8, 4) is 0 Å². The zero-order valence-corrected chi connectivity index (χ0v) is 4.42. The highest BCUT2D eigenvalue weighted by molar-refractivity contribution is 5.93. The van der Waals surface area contributed by atoms with E-state index in [0.29, 0.717) is 5.56 Å². The fourth-order valence-electron chi connectivity index (χ4n) is 0.379. The average Bonchev–Trinajstić information content (AvgIpc) is 2.12. The van der Waals surface area contributed by atoms with Crippen LogP contribution in [0.5, 0.6) is 0 Å². The van der Waals surface area contributed by atoms with E-state index in [4.69, 9.17) is 0 Å². The Morgan fingerprint density at radius 2 is 2.62 bits per heavy atom. The summed E-state index contributed by atoms with van der Waals surface area (Å²) in [6, 6.07) is 0. The summed E-state index contributed by atoms with van der Waals surface area (Å²) >= 11 is 0. The van der Waals surface area contributed by atoms with Gasteiger partial charge in [-0.25, -0.2) is 0 Å². The first-order chi connectivity index (χ1) is 3.80. The zero-order valence-electron chi connectivity index (χ0n) is 4.42. The molecule has 0 amide bonds. The van der Waals surface area contributed by atoms with E-state index in [1.54, 1.807) is 0 Å². The summed E-state index contributed by atoms with van der Waals surface area (Å²) in [7, 11) is 0. The predicted molar refractivity (Wildman–Crippen MR) is 26.5 cm³/mol. The first-order valence-electron chi connectivity index (χ1n) is 2.21. The number of carbonyl (C=O) groups is 1. The van der Waals surface area contributed by atoms with E-state index in [0.717, 1.165) is 0 Å². The number of aromatic nitrogens is 1. The van der Waals surface area contributed by atoms with Gasteiger partial charge in [-0.3, -0.25) is 4.79 Å². The molecule has 0 unspecified atom stereocenters. The Morgan fingerprint density at radius 1 is 1.88 bits per heavy atom. The van der Waals surface area contributed by atoms with Gasteiger partial charge in [0.05, 0.1) is 11.8 Å². The fourth-order valence-corrected chi connectivity index (χ4v) is 0.379. The Bertz CT molecular complexity index is 178. The second-order valence-corrected chi connectivity index (χ2v) is 1.47. The molecule has 0 atom stereocenters. The van der Waals surface area contributed by atoms with Gasteiger partial charge in [0, 0.05) is 0 Å². The number of carbonyl (C=O) groups excluding carboxylic acids is 1. The molecule has 1 rings (SSSR count). The summed E-state index contributed by atoms with van der Waals surface area (Å²) in [5.41, 5.74) is 0.519. The standard InChI is InChI=1S/C5H5NO2/c1-4(7)5-2-6-8-3-5/h2-3H,1H3. The van der Waals surface area contributed by atoms with Crippen molar-refractivity contribution in [1.29, 1.82) is 0 Å². The van der Waals surface area contributed by atoms with Crippen LogP contribution in [0, 0.1) is 0 Å². The van der Waals surface area contributed by atoms with Crippen LogP contribution in [0.25, 0.3) is 0 Å². The van der Waals surface area contributed by atoms with Gasteiger partial charge in [-0.2, -0.15) is 0 Å². The lowest BCUT2D eigenvalue weighted by Gasteiger charge is -1.76. The molecule has 3 heteroatoms. The Labute approximate surface area is 46.3 Å². The van der Waals surface area contributed by atoms with Crippen LogP contribution >= 0.6 is 0 Å². The molecule has 3 nitrogen and oxygen atoms in total. The minimum absolute atomic E-state index is 0.0220. The van der Waals surface area contributed by atoms with Crippen LogP contribution in [0.15, 0.2) is 17.0 Å². The van der Waals surface area contributed by atoms with Crippen molar-refractivity contribution in [2.24, 2.45) is 0 Å². The highest BCUT2D eigenvalue weighted by Crippen LogP contribution is 1.95. The van der Waals surface area contributed by atoms with Gasteiger partial charge < -0.3 is 4.52 Å². The maximum absolute atomic E-state index is 10.4. The topological polar surface area (TPSA) is 43.1 Å². The van der Waals surface area contributed by atoms with Gasteiger partial charge in [0.25, 0.3) is 0 Å². The Hall–Kier alpha value is -1.12. The smallest absolute Gasteiger partial charge is 0.164 e. The molecule has 0 saturated carbocycles. The predicted octanol–water partition coefficient (Wildman–Crippen LogP) is 0.877. The van der Waals surface area contributed by atoms with Crippen LogP contribution in [-0.4, -0.2) is 10.9 Å². The van der Waals surface area contributed by atoms with Gasteiger partial charge in [0.1, 0.15) is 6.26 Å². The van der Waals surface area contributed by atoms with E-state index < -0.39 is 0 Å². The average molecular weight is 111 g/mol. The van der Waals surface area contributed by atoms with Crippen LogP contribution in [0.3, 0.4) is 0 Å². The normalized spacial score (nSPS) is 9.12. The molecular formula is C5H5NO2. The van der Waals surface area contributed by atoms with Gasteiger partial charge in [0.2, 0.25) is 0 Å². The van der Waals surface area contributed by atoms with Crippen molar-refractivity contribution in [3.05, 3.63) is 18.0 Å². The fraction of sp³-hybridized carbons (Fsp3) is 0.200. The van der Waals surface area contributed by atoms with Crippen molar-refractivity contribution >= 4 is 5.78 Å². The molecule has 0 saturated heterocycles. The molecule has 1 heterocycles. The van der Waals surface area contributed by atoms with Gasteiger partial charge in [-0.1, -0.05) is 5.16 Å². The number of hydrogen-bond acceptors (Lipinski definition) is 3. The van der Waals surface area contributed by atoms with Gasteiger partial charge in [-0.05, 0) is 6.92 Å². The van der Waals surface area contributed by atoms with Crippen molar-refractivity contribution in [1.82, 2.24) is 5.16 Å². The van der Waals surface area contributed by atoms with Crippen molar-refractivity contribution < 1.29 is 9.32 Å². The quantitative estimate of drug-likeness (QED) is 0.505. The second-order valence-electron chi connectivity index (χ2n) is 1.47. The minimum Gasteiger partial charge on any atom is -0.364 e. The molecule has 0 bridgehead atoms. The Kier molecular flexibility index (Phi) is 1.12. The van der Waals surface area contributed by atoms with Crippen LogP contribution in [-0.2, 0) is 0 Å². The number of hydrogen-bond donors (Lipinski definition) is 0. The molecule has 0 aliphatic rings. The highest BCUT2D eigenvalue weighted by Gasteiger charge is 1.97. The molecule has 1 aromatic heterocycles. The summed E-state index contributed by atoms with van der Waals surface area (Å²) < 4.78 is 4.40. The largest absolute Gasteiger partial charge is 0.364 e. The number of rotatable bonds is 1. The van der Waals surface area contributed by atoms with Crippen LogP contribution < -0.4 is 0 Å². The number of ketones is 1. The second kappa shape index (κ2) is 1.78. The van der Waals surface area contributed by atoms with Crippen LogP contribution in [0.2, 0.25) is 0 Å². The minimum atomic E-state index is -0.0220. The highest BCUT2D eigenvalue weighted by atomic mass is 16.5. The van der Waals surface area contributed by atoms with Crippen molar-refractivity contribution in [2.45, 2.75) is 6.92 Å². The van der Waals surface area contributed by atoms with Crippen molar-refractivity contribution in [3.63, 3.8) is 0 Å². The van der Waals surface area contributed by atoms with Gasteiger partial charge >= 0.3 is 0 Å². The first kappa shape index (κ1) is 5.03. The molecule has 42 valence electrons. The monoisotopic (exact) mass is 111 g/mol. The zero-order chi connectivity index (χ0) is 5.98. The molecule has 1 aromatic rings. The SMILES string of the molecule is CC(=O)c1cnoc1. The van der Waals surface area contributed by atoms with E-state index in [1.807, 2.05) is 0 Å². The Balaban J connectivity index is 2.93. The molecule has 0 aromatic carbocycles. The molecule has 0 spiro atoms. The van der Waals surface area contributed by atoms with E-state index >= 15 is 0 Å². The summed E-state index contributed by atoms with van der Waals surface area (Å²) in [6.07, 6.45) is 2.71. The van der Waals surface area contributed by atoms with Crippen molar-refractivity contribution in [2.75, 3.05) is 0 Å². The lowest BCUT2D eigenvalue weighted by Crippen LogP contribution is -1.85. The van der Waals surface area contributed by atoms with E-state index in [-0.39, 0.29) is 5.78 Å². The number of Topliss-reactive ketones (excluding diaryl/α,β-unsaturated/α-hetero) is 1. The van der Waals surface area contributed by atoms with Gasteiger partial charge in [0.15, 0.2) is 5.78 Å². The van der Waals surface area contributed by atoms with Gasteiger partial charge in [-0.15, -0.1) is 0 Å². The molecular weight excluding hydrogens is 106 g/mol. The first-order valence-corrected chi connectivity index (χ1v) is 2.21. The summed E-state index contributed by atoms with van der Waals surface area (Å²) in [5.74, 6) is -0.0220. The maximum Gasteiger partial charge on any atom is 0.164 e. The third-order valence-corrected chi connectivity index (χ3v) is 0.839. The summed E-state index contributed by atoms with van der Waals surface area (Å²) in [4.78, 5) is 10.4. The third-order valence-electron chi connectivity index (χ3n) is 0.839. The van der Waals surface area contributed by atoms with E-state index in [2.05, 4.69) is 9.68 Å². The van der Waals surface area contributed by atoms with E-state index in [9.17, 15) is 4.79 Å². The lowest BCUT2D eigenvalue weighted by atomic mass is 10.3. The third kappa shape index (κ3) is 0.753. The van der Waals surface area contributed by atoms with Crippen LogP contribution in [0.1, 0.15) is 17.3 Å². The lowest BCUT2D eigenvalue weighted by molar-refractivity contribution is 0.101. The van der Waals surface area contributed by atoms with Crippen LogP contribution in [0.4, 0.5) is 0 Å². The molecule has 8 heavy (non-hydrogen) atoms. The number of nitrogens with zero attached hydrogens (tertiary/aromatic N) is 1.